The van der Waals surface area contributed by atoms with Crippen LogP contribution < -0.4 is 5.32 Å². The molecule has 1 heterocycles. The lowest BCUT2D eigenvalue weighted by Gasteiger charge is -2.25. The summed E-state index contributed by atoms with van der Waals surface area (Å²) in [5.74, 6) is 0.295. The average molecular weight is 193 g/mol. The summed E-state index contributed by atoms with van der Waals surface area (Å²) in [5, 5.41) is 3.36. The second kappa shape index (κ2) is 3.35. The number of hydrogen-bond donors (Lipinski definition) is 1. The van der Waals surface area contributed by atoms with Gasteiger partial charge in [-0.05, 0) is 23.1 Å². The largest absolute Gasteiger partial charge is 0.316 e. The van der Waals surface area contributed by atoms with Gasteiger partial charge in [-0.2, -0.15) is 0 Å². The Labute approximate surface area is 84.3 Å². The third-order valence-corrected chi connectivity index (χ3v) is 3.12. The Morgan fingerprint density at radius 1 is 1.43 bits per heavy atom. The van der Waals surface area contributed by atoms with Crippen molar-refractivity contribution in [3.05, 3.63) is 35.6 Å². The Hall–Kier alpha value is -0.890. The smallest absolute Gasteiger partial charge is 0.123 e. The first-order valence-electron chi connectivity index (χ1n) is 5.06. The molecule has 0 unspecified atom stereocenters. The SMILES string of the molecule is CC1(C)CNC[C@@H]1c1cccc(F)c1. The summed E-state index contributed by atoms with van der Waals surface area (Å²) in [4.78, 5) is 0. The molecule has 1 nitrogen and oxygen atoms in total. The number of hydrogen-bond acceptors (Lipinski definition) is 1. The van der Waals surface area contributed by atoms with Gasteiger partial charge in [0.1, 0.15) is 5.82 Å². The van der Waals surface area contributed by atoms with Gasteiger partial charge < -0.3 is 5.32 Å². The second-order valence-corrected chi connectivity index (χ2v) is 4.73. The lowest BCUT2D eigenvalue weighted by molar-refractivity contribution is 0.362. The molecular weight excluding hydrogens is 177 g/mol. The van der Waals surface area contributed by atoms with Gasteiger partial charge in [-0.25, -0.2) is 4.39 Å². The van der Waals surface area contributed by atoms with E-state index in [9.17, 15) is 4.39 Å². The minimum absolute atomic E-state index is 0.134. The van der Waals surface area contributed by atoms with E-state index in [1.54, 1.807) is 12.1 Å². The summed E-state index contributed by atoms with van der Waals surface area (Å²) in [6.07, 6.45) is 0. The van der Waals surface area contributed by atoms with Crippen molar-refractivity contribution in [2.75, 3.05) is 13.1 Å². The van der Waals surface area contributed by atoms with Crippen LogP contribution in [0.3, 0.4) is 0 Å². The molecular formula is C12H16FN. The highest BCUT2D eigenvalue weighted by Gasteiger charge is 2.35. The van der Waals surface area contributed by atoms with Crippen LogP contribution in [-0.4, -0.2) is 13.1 Å². The van der Waals surface area contributed by atoms with Crippen molar-refractivity contribution in [1.29, 1.82) is 0 Å². The Kier molecular flexibility index (Phi) is 2.31. The zero-order valence-electron chi connectivity index (χ0n) is 8.68. The number of rotatable bonds is 1. The molecule has 1 N–H and O–H groups in total. The topological polar surface area (TPSA) is 12.0 Å². The Morgan fingerprint density at radius 3 is 2.79 bits per heavy atom. The molecule has 14 heavy (non-hydrogen) atoms. The van der Waals surface area contributed by atoms with Gasteiger partial charge in [-0.3, -0.25) is 0 Å². The molecule has 1 aromatic carbocycles. The summed E-state index contributed by atoms with van der Waals surface area (Å²) in [7, 11) is 0. The summed E-state index contributed by atoms with van der Waals surface area (Å²) >= 11 is 0. The normalized spacial score (nSPS) is 25.2. The van der Waals surface area contributed by atoms with Crippen LogP contribution in [0, 0.1) is 11.2 Å². The van der Waals surface area contributed by atoms with Crippen LogP contribution >= 0.6 is 0 Å². The number of halogens is 1. The van der Waals surface area contributed by atoms with E-state index >= 15 is 0 Å². The maximum absolute atomic E-state index is 13.1. The molecule has 1 saturated heterocycles. The summed E-state index contributed by atoms with van der Waals surface area (Å²) in [5.41, 5.74) is 1.34. The molecule has 2 heteroatoms. The van der Waals surface area contributed by atoms with E-state index in [0.29, 0.717) is 5.92 Å². The molecule has 76 valence electrons. The van der Waals surface area contributed by atoms with E-state index in [0.717, 1.165) is 18.7 Å². The van der Waals surface area contributed by atoms with Gasteiger partial charge in [0.25, 0.3) is 0 Å². The van der Waals surface area contributed by atoms with E-state index < -0.39 is 0 Å². The van der Waals surface area contributed by atoms with Gasteiger partial charge >= 0.3 is 0 Å². The summed E-state index contributed by atoms with van der Waals surface area (Å²) < 4.78 is 13.1. The van der Waals surface area contributed by atoms with Crippen molar-refractivity contribution in [3.8, 4) is 0 Å². The van der Waals surface area contributed by atoms with E-state index in [-0.39, 0.29) is 11.2 Å². The fourth-order valence-corrected chi connectivity index (χ4v) is 2.23. The molecule has 0 radical (unpaired) electrons. The minimum Gasteiger partial charge on any atom is -0.316 e. The minimum atomic E-state index is -0.134. The molecule has 0 saturated carbocycles. The summed E-state index contributed by atoms with van der Waals surface area (Å²) in [6, 6.07) is 6.96. The van der Waals surface area contributed by atoms with Crippen LogP contribution in [0.4, 0.5) is 4.39 Å². The van der Waals surface area contributed by atoms with Crippen LogP contribution in [0.25, 0.3) is 0 Å². The lowest BCUT2D eigenvalue weighted by Crippen LogP contribution is -2.20. The van der Waals surface area contributed by atoms with E-state index in [1.165, 1.54) is 6.07 Å². The molecule has 0 amide bonds. The van der Waals surface area contributed by atoms with Crippen LogP contribution in [0.1, 0.15) is 25.3 Å². The van der Waals surface area contributed by atoms with Crippen molar-refractivity contribution >= 4 is 0 Å². The zero-order valence-corrected chi connectivity index (χ0v) is 8.68. The molecule has 1 fully saturated rings. The predicted octanol–water partition coefficient (Wildman–Crippen LogP) is 2.54. The van der Waals surface area contributed by atoms with Gasteiger partial charge in [0.05, 0.1) is 0 Å². The van der Waals surface area contributed by atoms with Gasteiger partial charge in [0.2, 0.25) is 0 Å². The third-order valence-electron chi connectivity index (χ3n) is 3.12. The quantitative estimate of drug-likeness (QED) is 0.722. The van der Waals surface area contributed by atoms with Crippen molar-refractivity contribution < 1.29 is 4.39 Å². The Balaban J connectivity index is 2.31. The lowest BCUT2D eigenvalue weighted by atomic mass is 9.78. The molecule has 1 aliphatic heterocycles. The first-order chi connectivity index (χ1) is 6.59. The van der Waals surface area contributed by atoms with Crippen LogP contribution in [-0.2, 0) is 0 Å². The Bertz CT molecular complexity index is 333. The van der Waals surface area contributed by atoms with Crippen molar-refractivity contribution in [2.24, 2.45) is 5.41 Å². The average Bonchev–Trinajstić information content (AvgIpc) is 2.45. The highest BCUT2D eigenvalue weighted by Crippen LogP contribution is 2.38. The van der Waals surface area contributed by atoms with Crippen molar-refractivity contribution in [1.82, 2.24) is 5.32 Å². The molecule has 1 aromatic rings. The van der Waals surface area contributed by atoms with Crippen molar-refractivity contribution in [2.45, 2.75) is 19.8 Å². The molecule has 0 aromatic heterocycles. The Morgan fingerprint density at radius 2 is 2.21 bits per heavy atom. The van der Waals surface area contributed by atoms with E-state index in [2.05, 4.69) is 19.2 Å². The highest BCUT2D eigenvalue weighted by atomic mass is 19.1. The van der Waals surface area contributed by atoms with E-state index in [1.807, 2.05) is 6.07 Å². The molecule has 0 aliphatic carbocycles. The highest BCUT2D eigenvalue weighted by molar-refractivity contribution is 5.24. The van der Waals surface area contributed by atoms with Gasteiger partial charge in [-0.1, -0.05) is 26.0 Å². The first-order valence-corrected chi connectivity index (χ1v) is 5.06. The number of nitrogens with one attached hydrogen (secondary N) is 1. The monoisotopic (exact) mass is 193 g/mol. The van der Waals surface area contributed by atoms with Gasteiger partial charge in [0.15, 0.2) is 0 Å². The van der Waals surface area contributed by atoms with Crippen LogP contribution in [0.15, 0.2) is 24.3 Å². The third kappa shape index (κ3) is 1.67. The molecule has 2 rings (SSSR count). The molecule has 1 aliphatic rings. The summed E-state index contributed by atoms with van der Waals surface area (Å²) in [6.45, 7) is 6.41. The van der Waals surface area contributed by atoms with Crippen LogP contribution in [0.5, 0.6) is 0 Å². The maximum atomic E-state index is 13.1. The predicted molar refractivity (Wildman–Crippen MR) is 55.8 cm³/mol. The first kappa shape index (κ1) is 9.66. The molecule has 0 bridgehead atoms. The maximum Gasteiger partial charge on any atom is 0.123 e. The van der Waals surface area contributed by atoms with Crippen molar-refractivity contribution in [3.63, 3.8) is 0 Å². The number of benzene rings is 1. The molecule has 1 atom stereocenters. The fraction of sp³-hybridized carbons (Fsp3) is 0.500. The van der Waals surface area contributed by atoms with Gasteiger partial charge in [0, 0.05) is 19.0 Å². The second-order valence-electron chi connectivity index (χ2n) is 4.73. The van der Waals surface area contributed by atoms with E-state index in [4.69, 9.17) is 0 Å². The fourth-order valence-electron chi connectivity index (χ4n) is 2.23. The molecule has 0 spiro atoms. The van der Waals surface area contributed by atoms with Crippen LogP contribution in [0.2, 0.25) is 0 Å². The van der Waals surface area contributed by atoms with Gasteiger partial charge in [-0.15, -0.1) is 0 Å². The zero-order chi connectivity index (χ0) is 10.2. The standard InChI is InChI=1S/C12H16FN/c1-12(2)8-14-7-11(12)9-4-3-5-10(13)6-9/h3-6,11,14H,7-8H2,1-2H3/t11-/m1/s1.